The Balaban J connectivity index is 2.05. The van der Waals surface area contributed by atoms with E-state index in [2.05, 4.69) is 10.3 Å². The third-order valence-corrected chi connectivity index (χ3v) is 3.27. The molecule has 0 bridgehead atoms. The van der Waals surface area contributed by atoms with Crippen LogP contribution in [-0.2, 0) is 6.54 Å². The summed E-state index contributed by atoms with van der Waals surface area (Å²) in [5.41, 5.74) is 6.03. The third-order valence-electron chi connectivity index (χ3n) is 2.35. The van der Waals surface area contributed by atoms with E-state index in [1.807, 2.05) is 6.92 Å². The van der Waals surface area contributed by atoms with Crippen LogP contribution in [0.3, 0.4) is 0 Å². The van der Waals surface area contributed by atoms with Gasteiger partial charge in [-0.15, -0.1) is 11.3 Å². The number of hydrogen-bond donors (Lipinski definition) is 2. The zero-order valence-corrected chi connectivity index (χ0v) is 10.6. The van der Waals surface area contributed by atoms with Crippen molar-refractivity contribution in [3.8, 4) is 0 Å². The number of nitrogen functional groups attached to an aromatic ring is 1. The molecule has 0 saturated carbocycles. The summed E-state index contributed by atoms with van der Waals surface area (Å²) < 4.78 is 13.0. The van der Waals surface area contributed by atoms with Gasteiger partial charge >= 0.3 is 0 Å². The zero-order chi connectivity index (χ0) is 13.1. The van der Waals surface area contributed by atoms with Crippen LogP contribution in [0.2, 0.25) is 0 Å². The minimum absolute atomic E-state index is 0.149. The van der Waals surface area contributed by atoms with Crippen LogP contribution in [0.1, 0.15) is 20.2 Å². The Morgan fingerprint density at radius 3 is 3.00 bits per heavy atom. The molecule has 0 saturated heterocycles. The fourth-order valence-electron chi connectivity index (χ4n) is 1.47. The molecule has 2 aromatic rings. The summed E-state index contributed by atoms with van der Waals surface area (Å²) >= 11 is 1.50. The van der Waals surface area contributed by atoms with Crippen LogP contribution in [-0.4, -0.2) is 10.9 Å². The predicted molar refractivity (Wildman–Crippen MR) is 68.8 cm³/mol. The van der Waals surface area contributed by atoms with Gasteiger partial charge in [0.15, 0.2) is 0 Å². The van der Waals surface area contributed by atoms with E-state index in [1.54, 1.807) is 6.20 Å². The van der Waals surface area contributed by atoms with Gasteiger partial charge in [-0.1, -0.05) is 0 Å². The number of nitrogens with zero attached hydrogens (tertiary/aromatic N) is 1. The first-order valence-corrected chi connectivity index (χ1v) is 6.12. The highest BCUT2D eigenvalue weighted by molar-refractivity contribution is 7.11. The highest BCUT2D eigenvalue weighted by atomic mass is 32.1. The van der Waals surface area contributed by atoms with Gasteiger partial charge < -0.3 is 11.1 Å². The van der Waals surface area contributed by atoms with Crippen molar-refractivity contribution in [3.05, 3.63) is 45.7 Å². The number of aromatic nitrogens is 1. The molecule has 94 valence electrons. The Morgan fingerprint density at radius 2 is 2.33 bits per heavy atom. The van der Waals surface area contributed by atoms with Crippen LogP contribution in [0.15, 0.2) is 24.4 Å². The molecule has 0 radical (unpaired) electrons. The van der Waals surface area contributed by atoms with E-state index < -0.39 is 11.7 Å². The first-order chi connectivity index (χ1) is 8.56. The largest absolute Gasteiger partial charge is 0.398 e. The molecule has 3 N–H and O–H groups in total. The average molecular weight is 265 g/mol. The highest BCUT2D eigenvalue weighted by Gasteiger charge is 2.11. The number of thiazole rings is 1. The van der Waals surface area contributed by atoms with Gasteiger partial charge in [0.1, 0.15) is 5.82 Å². The molecule has 1 aromatic heterocycles. The van der Waals surface area contributed by atoms with Crippen LogP contribution in [0.5, 0.6) is 0 Å². The van der Waals surface area contributed by atoms with Crippen LogP contribution in [0.25, 0.3) is 0 Å². The standard InChI is InChI=1S/C12H12FN3OS/c1-7-15-5-9(18-7)6-16-12(17)10-4-8(13)2-3-11(10)14/h2-5H,6,14H2,1H3,(H,16,17). The van der Waals surface area contributed by atoms with E-state index in [-0.39, 0.29) is 11.3 Å². The molecule has 2 rings (SSSR count). The third kappa shape index (κ3) is 2.84. The molecule has 1 amide bonds. The molecule has 4 nitrogen and oxygen atoms in total. The van der Waals surface area contributed by atoms with E-state index in [4.69, 9.17) is 5.73 Å². The molecule has 6 heteroatoms. The number of rotatable bonds is 3. The zero-order valence-electron chi connectivity index (χ0n) is 9.74. The van der Waals surface area contributed by atoms with Crippen molar-refractivity contribution in [1.29, 1.82) is 0 Å². The summed E-state index contributed by atoms with van der Waals surface area (Å²) in [6, 6.07) is 3.72. The fourth-order valence-corrected chi connectivity index (χ4v) is 2.21. The van der Waals surface area contributed by atoms with Crippen molar-refractivity contribution in [3.63, 3.8) is 0 Å². The number of benzene rings is 1. The number of nitrogens with one attached hydrogen (secondary N) is 1. The second-order valence-electron chi connectivity index (χ2n) is 3.76. The van der Waals surface area contributed by atoms with E-state index >= 15 is 0 Å². The number of amides is 1. The van der Waals surface area contributed by atoms with Gasteiger partial charge in [-0.05, 0) is 25.1 Å². The van der Waals surface area contributed by atoms with Gasteiger partial charge in [-0.3, -0.25) is 4.79 Å². The number of aryl methyl sites for hydroxylation is 1. The summed E-state index contributed by atoms with van der Waals surface area (Å²) in [6.07, 6.45) is 1.70. The number of carbonyl (C=O) groups is 1. The molecular weight excluding hydrogens is 253 g/mol. The van der Waals surface area contributed by atoms with Crippen LogP contribution in [0, 0.1) is 12.7 Å². The van der Waals surface area contributed by atoms with Crippen molar-refractivity contribution in [2.24, 2.45) is 0 Å². The molecule has 1 aromatic carbocycles. The normalized spacial score (nSPS) is 10.3. The predicted octanol–water partition coefficient (Wildman–Crippen LogP) is 2.10. The number of nitrogens with two attached hydrogens (primary N) is 1. The second-order valence-corrected chi connectivity index (χ2v) is 5.08. The lowest BCUT2D eigenvalue weighted by Crippen LogP contribution is -2.23. The Bertz CT molecular complexity index is 582. The topological polar surface area (TPSA) is 68.0 Å². The first kappa shape index (κ1) is 12.5. The molecular formula is C12H12FN3OS. The smallest absolute Gasteiger partial charge is 0.253 e. The quantitative estimate of drug-likeness (QED) is 0.835. The van der Waals surface area contributed by atoms with Crippen molar-refractivity contribution in [2.75, 3.05) is 5.73 Å². The number of carbonyl (C=O) groups excluding carboxylic acids is 1. The van der Waals surface area contributed by atoms with Crippen LogP contribution >= 0.6 is 11.3 Å². The van der Waals surface area contributed by atoms with E-state index in [0.717, 1.165) is 16.0 Å². The van der Waals surface area contributed by atoms with Gasteiger partial charge in [0, 0.05) is 16.8 Å². The van der Waals surface area contributed by atoms with Crippen molar-refractivity contribution in [2.45, 2.75) is 13.5 Å². The lowest BCUT2D eigenvalue weighted by Gasteiger charge is -2.06. The van der Waals surface area contributed by atoms with E-state index in [9.17, 15) is 9.18 Å². The molecule has 1 heterocycles. The molecule has 0 aliphatic carbocycles. The minimum Gasteiger partial charge on any atom is -0.398 e. The maximum Gasteiger partial charge on any atom is 0.253 e. The summed E-state index contributed by atoms with van der Waals surface area (Å²) in [5, 5.41) is 3.62. The Labute approximate surface area is 108 Å². The van der Waals surface area contributed by atoms with Crippen LogP contribution in [0.4, 0.5) is 10.1 Å². The van der Waals surface area contributed by atoms with Crippen LogP contribution < -0.4 is 11.1 Å². The fraction of sp³-hybridized carbons (Fsp3) is 0.167. The number of anilines is 1. The molecule has 0 aliphatic rings. The lowest BCUT2D eigenvalue weighted by atomic mass is 10.1. The van der Waals surface area contributed by atoms with Gasteiger partial charge in [0.2, 0.25) is 0 Å². The Kier molecular flexibility index (Phi) is 3.57. The lowest BCUT2D eigenvalue weighted by molar-refractivity contribution is 0.0951. The molecule has 18 heavy (non-hydrogen) atoms. The summed E-state index contributed by atoms with van der Waals surface area (Å²) in [7, 11) is 0. The average Bonchev–Trinajstić information content (AvgIpc) is 2.75. The second kappa shape index (κ2) is 5.14. The minimum atomic E-state index is -0.483. The summed E-state index contributed by atoms with van der Waals surface area (Å²) in [5.74, 6) is -0.874. The van der Waals surface area contributed by atoms with Gasteiger partial charge in [0.05, 0.1) is 17.1 Å². The Morgan fingerprint density at radius 1 is 1.56 bits per heavy atom. The van der Waals surface area contributed by atoms with Crippen molar-refractivity contribution >= 4 is 22.9 Å². The van der Waals surface area contributed by atoms with Gasteiger partial charge in [-0.2, -0.15) is 0 Å². The van der Waals surface area contributed by atoms with E-state index in [0.29, 0.717) is 6.54 Å². The Hall–Kier alpha value is -1.95. The van der Waals surface area contributed by atoms with Gasteiger partial charge in [-0.25, -0.2) is 9.37 Å². The van der Waals surface area contributed by atoms with Crippen molar-refractivity contribution < 1.29 is 9.18 Å². The number of halogens is 1. The molecule has 0 unspecified atom stereocenters. The monoisotopic (exact) mass is 265 g/mol. The number of hydrogen-bond acceptors (Lipinski definition) is 4. The van der Waals surface area contributed by atoms with Gasteiger partial charge in [0.25, 0.3) is 5.91 Å². The molecule has 0 aliphatic heterocycles. The summed E-state index contributed by atoms with van der Waals surface area (Å²) in [6.45, 7) is 2.25. The molecule has 0 atom stereocenters. The molecule has 0 spiro atoms. The van der Waals surface area contributed by atoms with Crippen molar-refractivity contribution in [1.82, 2.24) is 10.3 Å². The first-order valence-electron chi connectivity index (χ1n) is 5.31. The SMILES string of the molecule is Cc1ncc(CNC(=O)c2cc(F)ccc2N)s1. The molecule has 0 fully saturated rings. The maximum absolute atomic E-state index is 13.0. The summed E-state index contributed by atoms with van der Waals surface area (Å²) in [4.78, 5) is 16.8. The highest BCUT2D eigenvalue weighted by Crippen LogP contribution is 2.14. The van der Waals surface area contributed by atoms with E-state index in [1.165, 1.54) is 23.5 Å². The maximum atomic E-state index is 13.0.